The summed E-state index contributed by atoms with van der Waals surface area (Å²) in [5.41, 5.74) is 6.16. The van der Waals surface area contributed by atoms with Gasteiger partial charge in [-0.15, -0.1) is 0 Å². The fourth-order valence-corrected chi connectivity index (χ4v) is 3.86. The van der Waals surface area contributed by atoms with Crippen LogP contribution in [0.15, 0.2) is 0 Å². The molecule has 0 spiro atoms. The number of hydrogen-bond acceptors (Lipinski definition) is 3. The molecule has 0 aromatic rings. The zero-order chi connectivity index (χ0) is 14.9. The second-order valence-electron chi connectivity index (χ2n) is 7.10. The number of carbonyl (C=O) groups excluding carboxylic acids is 1. The Morgan fingerprint density at radius 1 is 1.20 bits per heavy atom. The van der Waals surface area contributed by atoms with Gasteiger partial charge in [-0.25, -0.2) is 0 Å². The summed E-state index contributed by atoms with van der Waals surface area (Å²) in [6.07, 6.45) is 3.48. The van der Waals surface area contributed by atoms with Crippen LogP contribution in [0.2, 0.25) is 0 Å². The van der Waals surface area contributed by atoms with Gasteiger partial charge in [-0.3, -0.25) is 4.79 Å². The van der Waals surface area contributed by atoms with Crippen molar-refractivity contribution in [3.8, 4) is 0 Å². The van der Waals surface area contributed by atoms with E-state index in [1.165, 1.54) is 0 Å². The van der Waals surface area contributed by atoms with Crippen molar-refractivity contribution < 1.29 is 9.90 Å². The minimum atomic E-state index is -0.255. The Labute approximate surface area is 122 Å². The molecule has 1 amide bonds. The quantitative estimate of drug-likeness (QED) is 0.808. The molecular weight excluding hydrogens is 252 g/mol. The zero-order valence-electron chi connectivity index (χ0n) is 13.1. The Kier molecular flexibility index (Phi) is 5.08. The Balaban J connectivity index is 1.92. The average molecular weight is 282 g/mol. The van der Waals surface area contributed by atoms with E-state index < -0.39 is 0 Å². The van der Waals surface area contributed by atoms with Crippen molar-refractivity contribution in [2.45, 2.75) is 58.6 Å². The summed E-state index contributed by atoms with van der Waals surface area (Å²) in [7, 11) is 0. The Morgan fingerprint density at radius 2 is 1.80 bits per heavy atom. The SMILES string of the molecule is CC(O)C1CCN(C(=O)C2CC(N)C(C)CC2C)CC1. The van der Waals surface area contributed by atoms with Gasteiger partial charge in [0.05, 0.1) is 6.10 Å². The van der Waals surface area contributed by atoms with E-state index in [1.807, 2.05) is 11.8 Å². The molecule has 3 N–H and O–H groups in total. The summed E-state index contributed by atoms with van der Waals surface area (Å²) < 4.78 is 0. The first-order valence-electron chi connectivity index (χ1n) is 8.12. The van der Waals surface area contributed by atoms with Gasteiger partial charge in [-0.1, -0.05) is 13.8 Å². The molecule has 5 unspecified atom stereocenters. The minimum absolute atomic E-state index is 0.101. The van der Waals surface area contributed by atoms with Gasteiger partial charge in [-0.2, -0.15) is 0 Å². The first-order chi connectivity index (χ1) is 9.40. The predicted octanol–water partition coefficient (Wildman–Crippen LogP) is 1.62. The monoisotopic (exact) mass is 282 g/mol. The number of likely N-dealkylation sites (tertiary alicyclic amines) is 1. The molecule has 0 bridgehead atoms. The fraction of sp³-hybridized carbons (Fsp3) is 0.938. The van der Waals surface area contributed by atoms with Gasteiger partial charge in [0.25, 0.3) is 0 Å². The molecule has 2 rings (SSSR count). The normalized spacial score (nSPS) is 37.8. The summed E-state index contributed by atoms with van der Waals surface area (Å²) in [5.74, 6) is 1.71. The number of carbonyl (C=O) groups is 1. The van der Waals surface area contributed by atoms with Crippen LogP contribution in [0.25, 0.3) is 0 Å². The molecule has 0 aromatic heterocycles. The molecule has 1 heterocycles. The molecule has 0 radical (unpaired) electrons. The molecule has 2 fully saturated rings. The Bertz CT molecular complexity index is 337. The van der Waals surface area contributed by atoms with E-state index in [4.69, 9.17) is 5.73 Å². The van der Waals surface area contributed by atoms with E-state index in [9.17, 15) is 9.90 Å². The molecule has 0 aromatic carbocycles. The minimum Gasteiger partial charge on any atom is -0.393 e. The lowest BCUT2D eigenvalue weighted by Crippen LogP contribution is -2.49. The maximum Gasteiger partial charge on any atom is 0.226 e. The summed E-state index contributed by atoms with van der Waals surface area (Å²) in [5, 5.41) is 9.64. The van der Waals surface area contributed by atoms with Crippen molar-refractivity contribution in [2.75, 3.05) is 13.1 Å². The van der Waals surface area contributed by atoms with E-state index in [0.717, 1.165) is 38.8 Å². The number of nitrogens with two attached hydrogens (primary N) is 1. The lowest BCUT2D eigenvalue weighted by molar-refractivity contribution is -0.141. The van der Waals surface area contributed by atoms with Crippen molar-refractivity contribution >= 4 is 5.91 Å². The van der Waals surface area contributed by atoms with E-state index in [0.29, 0.717) is 23.7 Å². The lowest BCUT2D eigenvalue weighted by atomic mass is 9.72. The number of amides is 1. The van der Waals surface area contributed by atoms with Crippen LogP contribution in [0.4, 0.5) is 0 Å². The van der Waals surface area contributed by atoms with E-state index >= 15 is 0 Å². The molecule has 1 aliphatic heterocycles. The molecule has 1 aliphatic carbocycles. The summed E-state index contributed by atoms with van der Waals surface area (Å²) in [4.78, 5) is 14.7. The number of piperidine rings is 1. The van der Waals surface area contributed by atoms with E-state index in [2.05, 4.69) is 13.8 Å². The fourth-order valence-electron chi connectivity index (χ4n) is 3.86. The molecular formula is C16H30N2O2. The second kappa shape index (κ2) is 6.44. The maximum atomic E-state index is 12.7. The smallest absolute Gasteiger partial charge is 0.226 e. The van der Waals surface area contributed by atoms with E-state index in [1.54, 1.807) is 0 Å². The van der Waals surface area contributed by atoms with Crippen LogP contribution in [-0.4, -0.2) is 41.1 Å². The van der Waals surface area contributed by atoms with Crippen molar-refractivity contribution in [1.29, 1.82) is 0 Å². The van der Waals surface area contributed by atoms with Crippen LogP contribution in [0.3, 0.4) is 0 Å². The van der Waals surface area contributed by atoms with Crippen LogP contribution < -0.4 is 5.73 Å². The highest BCUT2D eigenvalue weighted by Gasteiger charge is 2.38. The number of rotatable bonds is 2. The highest BCUT2D eigenvalue weighted by molar-refractivity contribution is 5.79. The topological polar surface area (TPSA) is 66.6 Å². The summed E-state index contributed by atoms with van der Waals surface area (Å²) in [6.45, 7) is 7.82. The van der Waals surface area contributed by atoms with Gasteiger partial charge in [0, 0.05) is 25.0 Å². The number of hydrogen-bond donors (Lipinski definition) is 2. The largest absolute Gasteiger partial charge is 0.393 e. The average Bonchev–Trinajstić information content (AvgIpc) is 2.42. The molecule has 1 saturated carbocycles. The van der Waals surface area contributed by atoms with Gasteiger partial charge >= 0.3 is 0 Å². The molecule has 2 aliphatic rings. The van der Waals surface area contributed by atoms with Gasteiger partial charge in [0.2, 0.25) is 5.91 Å². The zero-order valence-corrected chi connectivity index (χ0v) is 13.1. The number of nitrogens with zero attached hydrogens (tertiary/aromatic N) is 1. The van der Waals surface area contributed by atoms with Crippen molar-refractivity contribution in [1.82, 2.24) is 4.90 Å². The highest BCUT2D eigenvalue weighted by Crippen LogP contribution is 2.35. The molecule has 116 valence electrons. The van der Waals surface area contributed by atoms with Gasteiger partial charge in [0.15, 0.2) is 0 Å². The molecule has 20 heavy (non-hydrogen) atoms. The number of aliphatic hydroxyl groups is 1. The van der Waals surface area contributed by atoms with E-state index in [-0.39, 0.29) is 18.1 Å². The Morgan fingerprint density at radius 3 is 2.35 bits per heavy atom. The predicted molar refractivity (Wildman–Crippen MR) is 80.0 cm³/mol. The van der Waals surface area contributed by atoms with Crippen molar-refractivity contribution in [2.24, 2.45) is 29.4 Å². The van der Waals surface area contributed by atoms with Crippen molar-refractivity contribution in [3.05, 3.63) is 0 Å². The summed E-state index contributed by atoms with van der Waals surface area (Å²) >= 11 is 0. The molecule has 5 atom stereocenters. The molecule has 4 heteroatoms. The van der Waals surface area contributed by atoms with Crippen LogP contribution >= 0.6 is 0 Å². The maximum absolute atomic E-state index is 12.7. The second-order valence-corrected chi connectivity index (χ2v) is 7.10. The van der Waals surface area contributed by atoms with Gasteiger partial charge in [-0.05, 0) is 50.4 Å². The van der Waals surface area contributed by atoms with Crippen LogP contribution in [0.5, 0.6) is 0 Å². The van der Waals surface area contributed by atoms with Gasteiger partial charge < -0.3 is 15.7 Å². The van der Waals surface area contributed by atoms with Gasteiger partial charge in [0.1, 0.15) is 0 Å². The number of aliphatic hydroxyl groups excluding tert-OH is 1. The standard InChI is InChI=1S/C16H30N2O2/c1-10-8-11(2)15(17)9-14(10)16(20)18-6-4-13(5-7-18)12(3)19/h10-15,19H,4-9,17H2,1-3H3. The third-order valence-electron chi connectivity index (χ3n) is 5.54. The van der Waals surface area contributed by atoms with Crippen LogP contribution in [-0.2, 0) is 4.79 Å². The third kappa shape index (κ3) is 3.34. The lowest BCUT2D eigenvalue weighted by Gasteiger charge is -2.41. The Hall–Kier alpha value is -0.610. The van der Waals surface area contributed by atoms with Crippen LogP contribution in [0.1, 0.15) is 46.5 Å². The first kappa shape index (κ1) is 15.8. The first-order valence-corrected chi connectivity index (χ1v) is 8.12. The molecule has 1 saturated heterocycles. The third-order valence-corrected chi connectivity index (χ3v) is 5.54. The van der Waals surface area contributed by atoms with Crippen molar-refractivity contribution in [3.63, 3.8) is 0 Å². The summed E-state index contributed by atoms with van der Waals surface area (Å²) in [6, 6.07) is 0.162. The van der Waals surface area contributed by atoms with Crippen LogP contribution in [0, 0.1) is 23.7 Å². The molecule has 4 nitrogen and oxygen atoms in total. The highest BCUT2D eigenvalue weighted by atomic mass is 16.3.